The van der Waals surface area contributed by atoms with Gasteiger partial charge in [0.15, 0.2) is 8.07 Å². The highest BCUT2D eigenvalue weighted by molar-refractivity contribution is 7.19. The molecule has 0 unspecified atom stereocenters. The summed E-state index contributed by atoms with van der Waals surface area (Å²) in [6, 6.07) is 101. The van der Waals surface area contributed by atoms with Crippen molar-refractivity contribution < 1.29 is 0 Å². The highest BCUT2D eigenvalue weighted by Crippen LogP contribution is 2.40. The molecule has 0 aliphatic rings. The van der Waals surface area contributed by atoms with Gasteiger partial charge in [-0.25, -0.2) is 0 Å². The lowest BCUT2D eigenvalue weighted by Gasteiger charge is -2.34. The molecule has 0 aliphatic heterocycles. The van der Waals surface area contributed by atoms with Crippen molar-refractivity contribution in [3.05, 3.63) is 273 Å². The summed E-state index contributed by atoms with van der Waals surface area (Å²) in [5, 5.41) is 12.9. The van der Waals surface area contributed by atoms with Crippen LogP contribution in [0.15, 0.2) is 273 Å². The quantitative estimate of drug-likeness (QED) is 0.107. The van der Waals surface area contributed by atoms with Crippen LogP contribution in [0.4, 0.5) is 0 Å². The molecule has 0 amide bonds. The SMILES string of the molecule is c1ccc(-c2ccc3c(c2)c2cc(-n4c5ccccc5c5ccccc54)ccc2n3-c2ccc3c(c2)c2ccccc2n3-c2ccc([Si](c3ccccc3)(c3ccccc3)c3ccccc3)cc2)cc1. The first-order valence-electron chi connectivity index (χ1n) is 24.2. The summed E-state index contributed by atoms with van der Waals surface area (Å²) in [5.41, 5.74) is 13.0. The number of hydrogen-bond acceptors (Lipinski definition) is 0. The van der Waals surface area contributed by atoms with Gasteiger partial charge >= 0.3 is 0 Å². The van der Waals surface area contributed by atoms with Gasteiger partial charge in [0.2, 0.25) is 0 Å². The monoisotopic (exact) mass is 907 g/mol. The van der Waals surface area contributed by atoms with Crippen molar-refractivity contribution in [2.75, 3.05) is 0 Å². The second kappa shape index (κ2) is 16.1. The molecule has 11 aromatic carbocycles. The normalized spacial score (nSPS) is 12.0. The smallest absolute Gasteiger partial charge is 0.179 e. The van der Waals surface area contributed by atoms with E-state index in [1.165, 1.54) is 97.3 Å². The molecule has 3 nitrogen and oxygen atoms in total. The third-order valence-corrected chi connectivity index (χ3v) is 19.6. The molecule has 14 rings (SSSR count). The molecular weight excluding hydrogens is 863 g/mol. The Labute approximate surface area is 407 Å². The van der Waals surface area contributed by atoms with Crippen LogP contribution in [0.3, 0.4) is 0 Å². The summed E-state index contributed by atoms with van der Waals surface area (Å²) < 4.78 is 7.34. The van der Waals surface area contributed by atoms with E-state index < -0.39 is 8.07 Å². The van der Waals surface area contributed by atoms with Gasteiger partial charge in [-0.3, -0.25) is 0 Å². The number of rotatable bonds is 8. The van der Waals surface area contributed by atoms with Crippen molar-refractivity contribution in [2.45, 2.75) is 0 Å². The van der Waals surface area contributed by atoms with Gasteiger partial charge in [-0.1, -0.05) is 194 Å². The van der Waals surface area contributed by atoms with Gasteiger partial charge in [0, 0.05) is 49.4 Å². The molecule has 0 aliphatic carbocycles. The van der Waals surface area contributed by atoms with Gasteiger partial charge in [0.25, 0.3) is 0 Å². The Morgan fingerprint density at radius 2 is 0.514 bits per heavy atom. The van der Waals surface area contributed by atoms with Crippen molar-refractivity contribution in [2.24, 2.45) is 0 Å². The summed E-state index contributed by atoms with van der Waals surface area (Å²) in [7, 11) is -2.68. The van der Waals surface area contributed by atoms with Crippen LogP contribution >= 0.6 is 0 Å². The fourth-order valence-corrected chi connectivity index (χ4v) is 16.5. The van der Waals surface area contributed by atoms with E-state index in [2.05, 4.69) is 287 Å². The molecule has 3 heterocycles. The largest absolute Gasteiger partial charge is 0.309 e. The summed E-state index contributed by atoms with van der Waals surface area (Å²) in [6.07, 6.45) is 0. The molecule has 0 atom stereocenters. The molecule has 0 radical (unpaired) electrons. The van der Waals surface area contributed by atoms with Crippen LogP contribution in [0.2, 0.25) is 0 Å². The number of aromatic nitrogens is 3. The standard InChI is InChI=1S/C66H45N3Si/c1-5-19-46(20-6-1)47-33-40-64-58(43-47)60-45-50(68-61-30-16-13-27-55(61)56-28-14-17-31-62(56)68)37-42-66(60)69(64)49-36-41-65-59(44-49)57-29-15-18-32-63(57)67(65)48-34-38-54(39-35-48)70(51-21-7-2-8-22-51,52-23-9-3-10-24-52)53-25-11-4-12-26-53/h1-45H. The van der Waals surface area contributed by atoms with Gasteiger partial charge in [-0.2, -0.15) is 0 Å². The molecule has 0 spiro atoms. The Morgan fingerprint density at radius 3 is 0.986 bits per heavy atom. The van der Waals surface area contributed by atoms with Crippen LogP contribution in [0.1, 0.15) is 0 Å². The first-order valence-corrected chi connectivity index (χ1v) is 26.2. The molecule has 4 heteroatoms. The predicted molar refractivity (Wildman–Crippen MR) is 299 cm³/mol. The Balaban J connectivity index is 0.953. The molecule has 0 N–H and O–H groups in total. The number of para-hydroxylation sites is 3. The van der Waals surface area contributed by atoms with Crippen molar-refractivity contribution in [3.63, 3.8) is 0 Å². The van der Waals surface area contributed by atoms with E-state index >= 15 is 0 Å². The average molecular weight is 908 g/mol. The Hall–Kier alpha value is -8.96. The first-order chi connectivity index (χ1) is 34.7. The van der Waals surface area contributed by atoms with Crippen LogP contribution in [-0.2, 0) is 0 Å². The molecule has 0 saturated heterocycles. The molecule has 70 heavy (non-hydrogen) atoms. The molecule has 14 aromatic rings. The van der Waals surface area contributed by atoms with E-state index in [9.17, 15) is 0 Å². The maximum Gasteiger partial charge on any atom is 0.179 e. The van der Waals surface area contributed by atoms with E-state index in [0.29, 0.717) is 0 Å². The number of fused-ring (bicyclic) bond motifs is 9. The third kappa shape index (κ3) is 6.07. The van der Waals surface area contributed by atoms with Crippen LogP contribution in [0.25, 0.3) is 93.6 Å². The molecular formula is C66H45N3Si. The van der Waals surface area contributed by atoms with Crippen LogP contribution in [0, 0.1) is 0 Å². The summed E-state index contributed by atoms with van der Waals surface area (Å²) in [6.45, 7) is 0. The second-order valence-corrected chi connectivity index (χ2v) is 22.3. The van der Waals surface area contributed by atoms with Crippen LogP contribution in [0.5, 0.6) is 0 Å². The molecule has 0 saturated carbocycles. The van der Waals surface area contributed by atoms with Gasteiger partial charge in [0.05, 0.1) is 33.1 Å². The highest BCUT2D eigenvalue weighted by Gasteiger charge is 2.41. The topological polar surface area (TPSA) is 14.8 Å². The Bertz CT molecular complexity index is 4110. The first kappa shape index (κ1) is 40.1. The minimum absolute atomic E-state index is 1.13. The van der Waals surface area contributed by atoms with Crippen molar-refractivity contribution in [1.82, 2.24) is 13.7 Å². The molecule has 328 valence electrons. The maximum absolute atomic E-state index is 2.68. The zero-order valence-electron chi connectivity index (χ0n) is 38.3. The lowest BCUT2D eigenvalue weighted by molar-refractivity contribution is 1.16. The summed E-state index contributed by atoms with van der Waals surface area (Å²) in [4.78, 5) is 0. The third-order valence-electron chi connectivity index (χ3n) is 14.8. The van der Waals surface area contributed by atoms with Crippen molar-refractivity contribution >= 4 is 94.2 Å². The number of nitrogens with zero attached hydrogens (tertiary/aromatic N) is 3. The van der Waals surface area contributed by atoms with E-state index in [1.807, 2.05) is 0 Å². The van der Waals surface area contributed by atoms with E-state index in [0.717, 1.165) is 17.1 Å². The lowest BCUT2D eigenvalue weighted by atomic mass is 10.0. The minimum atomic E-state index is -2.68. The fraction of sp³-hybridized carbons (Fsp3) is 0. The van der Waals surface area contributed by atoms with Gasteiger partial charge in [-0.05, 0) is 111 Å². The molecule has 3 aromatic heterocycles. The predicted octanol–water partition coefficient (Wildman–Crippen LogP) is 14.0. The van der Waals surface area contributed by atoms with Crippen molar-refractivity contribution in [1.29, 1.82) is 0 Å². The highest BCUT2D eigenvalue weighted by atomic mass is 28.3. The molecule has 0 fully saturated rings. The second-order valence-electron chi connectivity index (χ2n) is 18.5. The Kier molecular flexibility index (Phi) is 9.23. The van der Waals surface area contributed by atoms with Gasteiger partial charge in [-0.15, -0.1) is 0 Å². The fourth-order valence-electron chi connectivity index (χ4n) is 11.7. The van der Waals surface area contributed by atoms with Crippen molar-refractivity contribution in [3.8, 4) is 28.2 Å². The number of benzene rings is 11. The summed E-state index contributed by atoms with van der Waals surface area (Å²) in [5.74, 6) is 0. The zero-order chi connectivity index (χ0) is 46.2. The minimum Gasteiger partial charge on any atom is -0.309 e. The van der Waals surface area contributed by atoms with Gasteiger partial charge < -0.3 is 13.7 Å². The van der Waals surface area contributed by atoms with Crippen LogP contribution in [-0.4, -0.2) is 21.8 Å². The molecule has 0 bridgehead atoms. The summed E-state index contributed by atoms with van der Waals surface area (Å²) >= 11 is 0. The zero-order valence-corrected chi connectivity index (χ0v) is 39.3. The van der Waals surface area contributed by atoms with Crippen LogP contribution < -0.4 is 20.7 Å². The van der Waals surface area contributed by atoms with E-state index in [1.54, 1.807) is 0 Å². The van der Waals surface area contributed by atoms with E-state index in [-0.39, 0.29) is 0 Å². The van der Waals surface area contributed by atoms with Gasteiger partial charge in [0.1, 0.15) is 0 Å². The van der Waals surface area contributed by atoms with E-state index in [4.69, 9.17) is 0 Å². The number of hydrogen-bond donors (Lipinski definition) is 0. The Morgan fingerprint density at radius 1 is 0.200 bits per heavy atom. The maximum atomic E-state index is 2.47. The lowest BCUT2D eigenvalue weighted by Crippen LogP contribution is -2.74. The average Bonchev–Trinajstić information content (AvgIpc) is 4.08.